The fourth-order valence-electron chi connectivity index (χ4n) is 4.24. The van der Waals surface area contributed by atoms with Gasteiger partial charge in [0, 0.05) is 51.6 Å². The molecule has 0 atom stereocenters. The van der Waals surface area contributed by atoms with Crippen LogP contribution in [0.3, 0.4) is 0 Å². The molecule has 2 amide bonds. The summed E-state index contributed by atoms with van der Waals surface area (Å²) in [5.41, 5.74) is 0.375. The standard InChI is InChI=1S/C20H32N4O5S/c1-14(2)20(26)23-11-9-22(10-12-23)18(25)13-17-5-7-24(8-6-17)30(27,28)19-15(3)21-29-16(19)4/h14,17H,5-13H2,1-4H3. The molecule has 2 aliphatic heterocycles. The van der Waals surface area contributed by atoms with Crippen LogP contribution in [-0.2, 0) is 19.6 Å². The van der Waals surface area contributed by atoms with E-state index in [2.05, 4.69) is 5.16 Å². The minimum absolute atomic E-state index is 0.0286. The van der Waals surface area contributed by atoms with E-state index < -0.39 is 10.0 Å². The van der Waals surface area contributed by atoms with Gasteiger partial charge in [0.1, 0.15) is 10.6 Å². The Morgan fingerprint density at radius 1 is 1.03 bits per heavy atom. The summed E-state index contributed by atoms with van der Waals surface area (Å²) < 4.78 is 32.3. The first-order chi connectivity index (χ1) is 14.1. The first-order valence-corrected chi connectivity index (χ1v) is 12.0. The number of amides is 2. The number of hydrogen-bond donors (Lipinski definition) is 0. The minimum atomic E-state index is -3.63. The van der Waals surface area contributed by atoms with Gasteiger partial charge in [0.2, 0.25) is 21.8 Å². The normalized spacial score (nSPS) is 19.5. The van der Waals surface area contributed by atoms with E-state index in [1.807, 2.05) is 23.6 Å². The van der Waals surface area contributed by atoms with Gasteiger partial charge in [0.05, 0.1) is 0 Å². The van der Waals surface area contributed by atoms with Gasteiger partial charge in [-0.05, 0) is 32.6 Å². The highest BCUT2D eigenvalue weighted by Crippen LogP contribution is 2.29. The molecule has 3 heterocycles. The van der Waals surface area contributed by atoms with Crippen LogP contribution in [0, 0.1) is 25.7 Å². The SMILES string of the molecule is Cc1noc(C)c1S(=O)(=O)N1CCC(CC(=O)N2CCN(C(=O)C(C)C)CC2)CC1. The molecule has 30 heavy (non-hydrogen) atoms. The van der Waals surface area contributed by atoms with Crippen molar-refractivity contribution in [2.75, 3.05) is 39.3 Å². The summed E-state index contributed by atoms with van der Waals surface area (Å²) in [5, 5.41) is 3.75. The average molecular weight is 441 g/mol. The molecule has 1 aromatic heterocycles. The lowest BCUT2D eigenvalue weighted by atomic mass is 9.94. The summed E-state index contributed by atoms with van der Waals surface area (Å²) in [5.74, 6) is 0.676. The van der Waals surface area contributed by atoms with Gasteiger partial charge < -0.3 is 14.3 Å². The van der Waals surface area contributed by atoms with E-state index in [0.717, 1.165) is 0 Å². The first kappa shape index (κ1) is 22.7. The van der Waals surface area contributed by atoms with E-state index in [1.165, 1.54) is 4.31 Å². The zero-order valence-electron chi connectivity index (χ0n) is 18.3. The zero-order chi connectivity index (χ0) is 22.1. The van der Waals surface area contributed by atoms with Crippen LogP contribution in [0.5, 0.6) is 0 Å². The molecule has 2 aliphatic rings. The molecule has 9 nitrogen and oxygen atoms in total. The second-order valence-corrected chi connectivity index (χ2v) is 10.4. The predicted molar refractivity (Wildman–Crippen MR) is 110 cm³/mol. The van der Waals surface area contributed by atoms with Crippen molar-refractivity contribution in [3.63, 3.8) is 0 Å². The maximum absolute atomic E-state index is 12.9. The van der Waals surface area contributed by atoms with Gasteiger partial charge in [0.15, 0.2) is 5.76 Å². The van der Waals surface area contributed by atoms with Gasteiger partial charge in [0.25, 0.3) is 0 Å². The van der Waals surface area contributed by atoms with Crippen LogP contribution < -0.4 is 0 Å². The molecule has 0 radical (unpaired) electrons. The summed E-state index contributed by atoms with van der Waals surface area (Å²) in [6, 6.07) is 0. The van der Waals surface area contributed by atoms with E-state index in [4.69, 9.17) is 4.52 Å². The lowest BCUT2D eigenvalue weighted by Gasteiger charge is -2.37. The first-order valence-electron chi connectivity index (χ1n) is 10.6. The maximum Gasteiger partial charge on any atom is 0.248 e. The van der Waals surface area contributed by atoms with Crippen molar-refractivity contribution in [1.29, 1.82) is 0 Å². The molecule has 10 heteroatoms. The third-order valence-electron chi connectivity index (χ3n) is 6.04. The van der Waals surface area contributed by atoms with E-state index in [-0.39, 0.29) is 28.5 Å². The smallest absolute Gasteiger partial charge is 0.248 e. The fourth-order valence-corrected chi connectivity index (χ4v) is 6.00. The van der Waals surface area contributed by atoms with Crippen molar-refractivity contribution in [3.05, 3.63) is 11.5 Å². The second-order valence-electron chi connectivity index (χ2n) is 8.57. The Labute approximate surface area is 178 Å². The Hall–Kier alpha value is -1.94. The van der Waals surface area contributed by atoms with Crippen LogP contribution in [0.1, 0.15) is 44.6 Å². The van der Waals surface area contributed by atoms with Crippen molar-refractivity contribution in [2.45, 2.75) is 51.9 Å². The Morgan fingerprint density at radius 2 is 1.60 bits per heavy atom. The fraction of sp³-hybridized carbons (Fsp3) is 0.750. The van der Waals surface area contributed by atoms with Gasteiger partial charge >= 0.3 is 0 Å². The molecule has 1 aromatic rings. The van der Waals surface area contributed by atoms with Gasteiger partial charge in [-0.15, -0.1) is 0 Å². The Kier molecular flexibility index (Phi) is 6.86. The highest BCUT2D eigenvalue weighted by atomic mass is 32.2. The van der Waals surface area contributed by atoms with Crippen LogP contribution in [0.25, 0.3) is 0 Å². The number of sulfonamides is 1. The molecular formula is C20H32N4O5S. The van der Waals surface area contributed by atoms with Crippen LogP contribution in [0.2, 0.25) is 0 Å². The summed E-state index contributed by atoms with van der Waals surface area (Å²) in [6.07, 6.45) is 1.73. The average Bonchev–Trinajstić information content (AvgIpc) is 3.06. The molecule has 2 saturated heterocycles. The number of carbonyl (C=O) groups is 2. The maximum atomic E-state index is 12.9. The van der Waals surface area contributed by atoms with Crippen LogP contribution in [0.15, 0.2) is 9.42 Å². The molecule has 0 spiro atoms. The molecule has 0 bridgehead atoms. The van der Waals surface area contributed by atoms with Crippen LogP contribution in [0.4, 0.5) is 0 Å². The van der Waals surface area contributed by atoms with Crippen LogP contribution >= 0.6 is 0 Å². The quantitative estimate of drug-likeness (QED) is 0.686. The van der Waals surface area contributed by atoms with Gasteiger partial charge in [-0.3, -0.25) is 9.59 Å². The molecule has 168 valence electrons. The van der Waals surface area contributed by atoms with Crippen molar-refractivity contribution >= 4 is 21.8 Å². The highest BCUT2D eigenvalue weighted by Gasteiger charge is 2.35. The van der Waals surface area contributed by atoms with E-state index in [9.17, 15) is 18.0 Å². The number of piperazine rings is 1. The van der Waals surface area contributed by atoms with Crippen molar-refractivity contribution < 1.29 is 22.5 Å². The largest absolute Gasteiger partial charge is 0.360 e. The highest BCUT2D eigenvalue weighted by molar-refractivity contribution is 7.89. The molecule has 0 aromatic carbocycles. The number of hydrogen-bond acceptors (Lipinski definition) is 6. The molecule has 0 unspecified atom stereocenters. The third-order valence-corrected chi connectivity index (χ3v) is 8.18. The third kappa shape index (κ3) is 4.69. The zero-order valence-corrected chi connectivity index (χ0v) is 19.1. The lowest BCUT2D eigenvalue weighted by molar-refractivity contribution is -0.142. The number of aromatic nitrogens is 1. The monoisotopic (exact) mass is 440 g/mol. The summed E-state index contributed by atoms with van der Waals surface area (Å²) in [4.78, 5) is 28.6. The number of carbonyl (C=O) groups excluding carboxylic acids is 2. The van der Waals surface area contributed by atoms with Gasteiger partial charge in [-0.2, -0.15) is 4.31 Å². The second kappa shape index (κ2) is 9.05. The van der Waals surface area contributed by atoms with E-state index in [1.54, 1.807) is 13.8 Å². The van der Waals surface area contributed by atoms with Crippen molar-refractivity contribution in [1.82, 2.24) is 19.3 Å². The molecule has 0 saturated carbocycles. The van der Waals surface area contributed by atoms with E-state index in [0.29, 0.717) is 70.0 Å². The molecule has 0 aliphatic carbocycles. The Morgan fingerprint density at radius 3 is 2.10 bits per heavy atom. The van der Waals surface area contributed by atoms with Gasteiger partial charge in [-0.25, -0.2) is 8.42 Å². The summed E-state index contributed by atoms with van der Waals surface area (Å²) in [6.45, 7) is 10.1. The molecule has 3 rings (SSSR count). The number of piperidine rings is 1. The summed E-state index contributed by atoms with van der Waals surface area (Å²) in [7, 11) is -3.63. The molecule has 0 N–H and O–H groups in total. The Balaban J connectivity index is 1.49. The minimum Gasteiger partial charge on any atom is -0.360 e. The predicted octanol–water partition coefficient (Wildman–Crippen LogP) is 1.41. The lowest BCUT2D eigenvalue weighted by Crippen LogP contribution is -2.52. The number of aryl methyl sites for hydroxylation is 2. The molecule has 2 fully saturated rings. The van der Waals surface area contributed by atoms with E-state index >= 15 is 0 Å². The van der Waals surface area contributed by atoms with Crippen molar-refractivity contribution in [3.8, 4) is 0 Å². The Bertz CT molecular complexity index is 860. The summed E-state index contributed by atoms with van der Waals surface area (Å²) >= 11 is 0. The van der Waals surface area contributed by atoms with Crippen LogP contribution in [-0.4, -0.2) is 78.8 Å². The van der Waals surface area contributed by atoms with Gasteiger partial charge in [-0.1, -0.05) is 19.0 Å². The topological polar surface area (TPSA) is 104 Å². The molecular weight excluding hydrogens is 408 g/mol. The van der Waals surface area contributed by atoms with Crippen molar-refractivity contribution in [2.24, 2.45) is 11.8 Å². The number of rotatable bonds is 5. The number of nitrogens with zero attached hydrogens (tertiary/aromatic N) is 4.